The molecule has 0 aliphatic carbocycles. The van der Waals surface area contributed by atoms with Gasteiger partial charge in [-0.2, -0.15) is 0 Å². The molecule has 488 valence electrons. The molecule has 5 atom stereocenters. The molecule has 0 amide bonds. The third kappa shape index (κ3) is 58.3. The highest BCUT2D eigenvalue weighted by Gasteiger charge is 2.30. The van der Waals surface area contributed by atoms with Crippen molar-refractivity contribution in [2.45, 2.75) is 322 Å². The smallest absolute Gasteiger partial charge is 0.462 e. The number of phosphoric acid groups is 2. The number of aliphatic hydroxyl groups excluding tert-OH is 1. The second kappa shape index (κ2) is 58.6. The van der Waals surface area contributed by atoms with Crippen LogP contribution in [0.15, 0.2) is 24.3 Å². The summed E-state index contributed by atoms with van der Waals surface area (Å²) >= 11 is 0. The van der Waals surface area contributed by atoms with E-state index >= 15 is 0 Å². The lowest BCUT2D eigenvalue weighted by Crippen LogP contribution is -2.30. The van der Waals surface area contributed by atoms with E-state index in [1.807, 2.05) is 0 Å². The number of rotatable bonds is 63. The Kier molecular flexibility index (Phi) is 56.8. The number of ether oxygens (including phenoxy) is 4. The van der Waals surface area contributed by atoms with Crippen LogP contribution in [0, 0.1) is 0 Å². The van der Waals surface area contributed by atoms with E-state index in [9.17, 15) is 43.2 Å². The van der Waals surface area contributed by atoms with Crippen LogP contribution in [0.3, 0.4) is 0 Å². The van der Waals surface area contributed by atoms with Crippen LogP contribution >= 0.6 is 15.6 Å². The normalized spacial score (nSPS) is 14.3. The SMILES string of the molecule is CCCCCC/C=C\C=C/CCCCCCCC(=O)O[C@H](COC(=O)CCCCCCCCCCCCCCCCC)COP(=O)(O)OC[C@@H](O)COP(=O)(O)OC[C@@H](COC(=O)CCCCCCC)OC(=O)CCCCCCCCCC. The lowest BCUT2D eigenvalue weighted by Gasteiger charge is -2.21. The average Bonchev–Trinajstić information content (AvgIpc) is 3.50. The van der Waals surface area contributed by atoms with Crippen LogP contribution in [0.5, 0.6) is 0 Å². The summed E-state index contributed by atoms with van der Waals surface area (Å²) in [4.78, 5) is 71.9. The number of carbonyl (C=O) groups is 4. The van der Waals surface area contributed by atoms with Gasteiger partial charge in [-0.25, -0.2) is 9.13 Å². The van der Waals surface area contributed by atoms with Gasteiger partial charge in [-0.1, -0.05) is 251 Å². The Hall–Kier alpha value is -2.46. The molecule has 0 heterocycles. The van der Waals surface area contributed by atoms with Crippen LogP contribution in [0.25, 0.3) is 0 Å². The van der Waals surface area contributed by atoms with Crippen molar-refractivity contribution >= 4 is 39.5 Å². The van der Waals surface area contributed by atoms with Gasteiger partial charge in [0.1, 0.15) is 19.3 Å². The summed E-state index contributed by atoms with van der Waals surface area (Å²) in [5.41, 5.74) is 0. The molecule has 19 heteroatoms. The summed E-state index contributed by atoms with van der Waals surface area (Å²) in [6.07, 6.45) is 47.1. The Morgan fingerprint density at radius 1 is 0.337 bits per heavy atom. The molecule has 0 aliphatic heterocycles. The maximum atomic E-state index is 13.0. The van der Waals surface area contributed by atoms with Gasteiger partial charge < -0.3 is 33.8 Å². The van der Waals surface area contributed by atoms with E-state index in [1.165, 1.54) is 109 Å². The zero-order chi connectivity index (χ0) is 61.2. The Bertz CT molecular complexity index is 1700. The standard InChI is InChI=1S/C64H120O17P2/c1-5-9-13-17-20-23-25-27-29-31-33-35-38-41-45-49-62(67)75-55-60(81-64(69)51-47-43-39-36-34-32-30-28-26-24-21-18-14-10-6-2)57-79-83(72,73)77-53-58(65)52-76-82(70,71)78-56-59(54-74-61(66)48-44-40-16-12-8-4)80-63(68)50-46-42-37-22-19-15-11-7-3/h24,26,28,30,58-60,65H,5-23,25,27,29,31-57H2,1-4H3,(H,70,71)(H,72,73)/b26-24-,30-28-/t58-,59+,60+/m0/s1. The molecule has 0 aromatic heterocycles. The van der Waals surface area contributed by atoms with Crippen LogP contribution < -0.4 is 0 Å². The largest absolute Gasteiger partial charge is 0.472 e. The first-order chi connectivity index (χ1) is 40.2. The van der Waals surface area contributed by atoms with Crippen molar-refractivity contribution < 1.29 is 80.2 Å². The van der Waals surface area contributed by atoms with Gasteiger partial charge >= 0.3 is 39.5 Å². The van der Waals surface area contributed by atoms with E-state index < -0.39 is 97.5 Å². The van der Waals surface area contributed by atoms with Crippen LogP contribution in [0.1, 0.15) is 304 Å². The molecule has 83 heavy (non-hydrogen) atoms. The number of hydrogen-bond donors (Lipinski definition) is 3. The van der Waals surface area contributed by atoms with Crippen molar-refractivity contribution in [3.8, 4) is 0 Å². The maximum Gasteiger partial charge on any atom is 0.472 e. The Morgan fingerprint density at radius 3 is 0.880 bits per heavy atom. The summed E-state index contributed by atoms with van der Waals surface area (Å²) < 4.78 is 67.7. The predicted octanol–water partition coefficient (Wildman–Crippen LogP) is 17.5. The number of carbonyl (C=O) groups excluding carboxylic acids is 4. The fraction of sp³-hybridized carbons (Fsp3) is 0.875. The van der Waals surface area contributed by atoms with Crippen molar-refractivity contribution in [2.24, 2.45) is 0 Å². The van der Waals surface area contributed by atoms with Gasteiger partial charge in [-0.3, -0.25) is 37.3 Å². The monoisotopic (exact) mass is 1220 g/mol. The Balaban J connectivity index is 5.19. The quantitative estimate of drug-likeness (QED) is 0.0169. The molecule has 0 aromatic rings. The fourth-order valence-electron chi connectivity index (χ4n) is 9.09. The molecule has 0 saturated heterocycles. The third-order valence-corrected chi connectivity index (χ3v) is 16.1. The summed E-state index contributed by atoms with van der Waals surface area (Å²) in [6.45, 7) is 4.71. The molecule has 0 spiro atoms. The van der Waals surface area contributed by atoms with E-state index in [-0.39, 0.29) is 25.7 Å². The number of allylic oxidation sites excluding steroid dienone is 4. The van der Waals surface area contributed by atoms with Gasteiger partial charge in [0.15, 0.2) is 12.2 Å². The minimum Gasteiger partial charge on any atom is -0.462 e. The summed E-state index contributed by atoms with van der Waals surface area (Å²) in [6, 6.07) is 0. The minimum atomic E-state index is -4.95. The lowest BCUT2D eigenvalue weighted by atomic mass is 10.0. The Labute approximate surface area is 503 Å². The van der Waals surface area contributed by atoms with Crippen LogP contribution in [0.2, 0.25) is 0 Å². The molecule has 0 saturated carbocycles. The molecule has 0 bridgehead atoms. The van der Waals surface area contributed by atoms with Crippen LogP contribution in [-0.4, -0.2) is 96.7 Å². The Morgan fingerprint density at radius 2 is 0.578 bits per heavy atom. The van der Waals surface area contributed by atoms with Gasteiger partial charge in [0, 0.05) is 25.7 Å². The van der Waals surface area contributed by atoms with Crippen LogP contribution in [0.4, 0.5) is 0 Å². The fourth-order valence-corrected chi connectivity index (χ4v) is 10.7. The highest BCUT2D eigenvalue weighted by atomic mass is 31.2. The highest BCUT2D eigenvalue weighted by molar-refractivity contribution is 7.47. The van der Waals surface area contributed by atoms with Crippen LogP contribution in [-0.2, 0) is 65.4 Å². The summed E-state index contributed by atoms with van der Waals surface area (Å²) in [5, 5.41) is 10.5. The molecule has 0 aliphatic rings. The number of phosphoric ester groups is 2. The van der Waals surface area contributed by atoms with E-state index in [4.69, 9.17) is 37.0 Å². The van der Waals surface area contributed by atoms with Gasteiger partial charge in [0.05, 0.1) is 26.4 Å². The minimum absolute atomic E-state index is 0.0856. The molecular formula is C64H120O17P2. The second-order valence-corrected chi connectivity index (χ2v) is 25.4. The second-order valence-electron chi connectivity index (χ2n) is 22.5. The number of aliphatic hydroxyl groups is 1. The van der Waals surface area contributed by atoms with Crippen molar-refractivity contribution in [2.75, 3.05) is 39.6 Å². The predicted molar refractivity (Wildman–Crippen MR) is 331 cm³/mol. The third-order valence-electron chi connectivity index (χ3n) is 14.2. The van der Waals surface area contributed by atoms with Gasteiger partial charge in [-0.05, 0) is 51.4 Å². The molecule has 0 rings (SSSR count). The molecule has 0 fully saturated rings. The van der Waals surface area contributed by atoms with Gasteiger partial charge in [-0.15, -0.1) is 0 Å². The van der Waals surface area contributed by atoms with E-state index in [0.29, 0.717) is 25.7 Å². The molecular weight excluding hydrogens is 1100 g/mol. The molecule has 17 nitrogen and oxygen atoms in total. The van der Waals surface area contributed by atoms with Gasteiger partial charge in [0.2, 0.25) is 0 Å². The maximum absolute atomic E-state index is 13.0. The van der Waals surface area contributed by atoms with Crippen molar-refractivity contribution in [3.63, 3.8) is 0 Å². The van der Waals surface area contributed by atoms with Crippen molar-refractivity contribution in [3.05, 3.63) is 24.3 Å². The van der Waals surface area contributed by atoms with E-state index in [2.05, 4.69) is 52.0 Å². The summed E-state index contributed by atoms with van der Waals surface area (Å²) in [7, 11) is -9.89. The molecule has 2 unspecified atom stereocenters. The number of unbranched alkanes of at least 4 members (excludes halogenated alkanes) is 34. The zero-order valence-corrected chi connectivity index (χ0v) is 54.4. The average molecular weight is 1220 g/mol. The highest BCUT2D eigenvalue weighted by Crippen LogP contribution is 2.45. The van der Waals surface area contributed by atoms with Gasteiger partial charge in [0.25, 0.3) is 0 Å². The van der Waals surface area contributed by atoms with Crippen molar-refractivity contribution in [1.82, 2.24) is 0 Å². The molecule has 0 aromatic carbocycles. The first-order valence-corrected chi connectivity index (χ1v) is 36.1. The first-order valence-electron chi connectivity index (χ1n) is 33.1. The first kappa shape index (κ1) is 80.5. The van der Waals surface area contributed by atoms with E-state index in [0.717, 1.165) is 116 Å². The lowest BCUT2D eigenvalue weighted by molar-refractivity contribution is -0.161. The summed E-state index contributed by atoms with van der Waals surface area (Å²) in [5.74, 6) is -2.18. The topological polar surface area (TPSA) is 237 Å². The number of hydrogen-bond acceptors (Lipinski definition) is 15. The molecule has 3 N–H and O–H groups in total. The zero-order valence-electron chi connectivity index (χ0n) is 52.6. The number of esters is 4. The van der Waals surface area contributed by atoms with Crippen molar-refractivity contribution in [1.29, 1.82) is 0 Å². The molecule has 0 radical (unpaired) electrons. The van der Waals surface area contributed by atoms with E-state index in [1.54, 1.807) is 0 Å².